The number of esters is 1. The fraction of sp³-hybridized carbons (Fsp3) is 0.562. The molecule has 7 heteroatoms. The zero-order valence-electron chi connectivity index (χ0n) is 12.6. The number of alkyl halides is 2. The minimum absolute atomic E-state index is 0.00513. The standard InChI is InChI=1S/C16H18Cl2O5/c1-20-14(19)7-13-16(17,18)8-11-12(22-13)9-21-15(23-11)10-5-3-2-4-6-10/h2-6,11-13,15H,7-9H2,1H3/t11-,12-,13+,15+/m1/s1. The Labute approximate surface area is 144 Å². The van der Waals surface area contributed by atoms with Gasteiger partial charge < -0.3 is 18.9 Å². The lowest BCUT2D eigenvalue weighted by Crippen LogP contribution is -2.55. The van der Waals surface area contributed by atoms with Gasteiger partial charge in [-0.1, -0.05) is 53.5 Å². The lowest BCUT2D eigenvalue weighted by Gasteiger charge is -2.46. The molecule has 0 aliphatic carbocycles. The van der Waals surface area contributed by atoms with Gasteiger partial charge in [0.1, 0.15) is 16.5 Å². The van der Waals surface area contributed by atoms with Crippen molar-refractivity contribution in [3.05, 3.63) is 35.9 Å². The molecule has 2 fully saturated rings. The molecular weight excluding hydrogens is 343 g/mol. The number of benzene rings is 1. The number of ether oxygens (including phenoxy) is 4. The largest absolute Gasteiger partial charge is 0.469 e. The maximum Gasteiger partial charge on any atom is 0.308 e. The van der Waals surface area contributed by atoms with Crippen molar-refractivity contribution < 1.29 is 23.7 Å². The highest BCUT2D eigenvalue weighted by atomic mass is 35.5. The van der Waals surface area contributed by atoms with Gasteiger partial charge in [0.25, 0.3) is 0 Å². The van der Waals surface area contributed by atoms with Crippen molar-refractivity contribution in [3.63, 3.8) is 0 Å². The number of rotatable bonds is 3. The van der Waals surface area contributed by atoms with Crippen molar-refractivity contribution in [1.82, 2.24) is 0 Å². The molecule has 126 valence electrons. The summed E-state index contributed by atoms with van der Waals surface area (Å²) in [4.78, 5) is 11.5. The normalized spacial score (nSPS) is 32.8. The van der Waals surface area contributed by atoms with Gasteiger partial charge in [-0.05, 0) is 0 Å². The van der Waals surface area contributed by atoms with Gasteiger partial charge in [-0.15, -0.1) is 0 Å². The zero-order chi connectivity index (χ0) is 16.4. The summed E-state index contributed by atoms with van der Waals surface area (Å²) in [7, 11) is 1.31. The van der Waals surface area contributed by atoms with Crippen LogP contribution in [0.5, 0.6) is 0 Å². The van der Waals surface area contributed by atoms with Crippen LogP contribution in [0.25, 0.3) is 0 Å². The van der Waals surface area contributed by atoms with Gasteiger partial charge in [0.05, 0.1) is 26.2 Å². The molecule has 4 atom stereocenters. The Kier molecular flexibility index (Phi) is 5.13. The van der Waals surface area contributed by atoms with Gasteiger partial charge in [-0.25, -0.2) is 0 Å². The Balaban J connectivity index is 1.68. The third-order valence-corrected chi connectivity index (χ3v) is 4.86. The fourth-order valence-corrected chi connectivity index (χ4v) is 3.37. The molecule has 2 heterocycles. The van der Waals surface area contributed by atoms with Crippen LogP contribution < -0.4 is 0 Å². The SMILES string of the molecule is COC(=O)C[C@@H]1O[C@@H]2CO[C@H](c3ccccc3)O[C@@H]2CC1(Cl)Cl. The van der Waals surface area contributed by atoms with E-state index in [4.69, 9.17) is 37.4 Å². The van der Waals surface area contributed by atoms with Gasteiger partial charge >= 0.3 is 5.97 Å². The monoisotopic (exact) mass is 360 g/mol. The Morgan fingerprint density at radius 3 is 2.70 bits per heavy atom. The molecule has 2 aliphatic heterocycles. The first kappa shape index (κ1) is 17.0. The Morgan fingerprint density at radius 1 is 1.26 bits per heavy atom. The summed E-state index contributed by atoms with van der Waals surface area (Å²) in [5, 5.41) is 0. The maximum absolute atomic E-state index is 11.5. The molecule has 1 aromatic rings. The van der Waals surface area contributed by atoms with Crippen LogP contribution in [0.15, 0.2) is 30.3 Å². The van der Waals surface area contributed by atoms with Crippen LogP contribution in [0.3, 0.4) is 0 Å². The number of carbonyl (C=O) groups excluding carboxylic acids is 1. The summed E-state index contributed by atoms with van der Waals surface area (Å²) in [6.45, 7) is 0.353. The van der Waals surface area contributed by atoms with E-state index in [0.717, 1.165) is 5.56 Å². The van der Waals surface area contributed by atoms with Gasteiger partial charge in [0, 0.05) is 12.0 Å². The summed E-state index contributed by atoms with van der Waals surface area (Å²) in [6, 6.07) is 9.64. The minimum atomic E-state index is -1.21. The highest BCUT2D eigenvalue weighted by Crippen LogP contribution is 2.44. The lowest BCUT2D eigenvalue weighted by atomic mass is 9.97. The van der Waals surface area contributed by atoms with E-state index in [2.05, 4.69) is 4.74 Å². The van der Waals surface area contributed by atoms with Crippen molar-refractivity contribution in [2.45, 2.75) is 41.8 Å². The average Bonchev–Trinajstić information content (AvgIpc) is 2.55. The smallest absolute Gasteiger partial charge is 0.308 e. The summed E-state index contributed by atoms with van der Waals surface area (Å²) in [5.41, 5.74) is 0.928. The lowest BCUT2D eigenvalue weighted by molar-refractivity contribution is -0.289. The molecule has 2 aliphatic rings. The maximum atomic E-state index is 11.5. The van der Waals surface area contributed by atoms with Crippen LogP contribution >= 0.6 is 23.2 Å². The molecule has 0 bridgehead atoms. The van der Waals surface area contributed by atoms with E-state index in [0.29, 0.717) is 13.0 Å². The molecule has 0 amide bonds. The molecule has 1 aromatic carbocycles. The van der Waals surface area contributed by atoms with E-state index in [9.17, 15) is 4.79 Å². The number of hydrogen-bond donors (Lipinski definition) is 0. The van der Waals surface area contributed by atoms with Crippen LogP contribution in [0.2, 0.25) is 0 Å². The predicted molar refractivity (Wildman–Crippen MR) is 84.4 cm³/mol. The van der Waals surface area contributed by atoms with Crippen molar-refractivity contribution in [1.29, 1.82) is 0 Å². The molecule has 0 radical (unpaired) electrons. The van der Waals surface area contributed by atoms with Crippen molar-refractivity contribution in [2.75, 3.05) is 13.7 Å². The molecule has 2 saturated heterocycles. The Bertz CT molecular complexity index is 551. The molecule has 0 saturated carbocycles. The quantitative estimate of drug-likeness (QED) is 0.612. The number of carbonyl (C=O) groups is 1. The topological polar surface area (TPSA) is 54.0 Å². The van der Waals surface area contributed by atoms with Gasteiger partial charge in [-0.2, -0.15) is 0 Å². The highest BCUT2D eigenvalue weighted by Gasteiger charge is 2.50. The zero-order valence-corrected chi connectivity index (χ0v) is 14.1. The number of hydrogen-bond acceptors (Lipinski definition) is 5. The molecule has 0 aromatic heterocycles. The fourth-order valence-electron chi connectivity index (χ4n) is 2.81. The van der Waals surface area contributed by atoms with E-state index >= 15 is 0 Å². The second-order valence-corrected chi connectivity index (χ2v) is 7.20. The molecule has 23 heavy (non-hydrogen) atoms. The molecule has 5 nitrogen and oxygen atoms in total. The van der Waals surface area contributed by atoms with Crippen LogP contribution in [0.1, 0.15) is 24.7 Å². The minimum Gasteiger partial charge on any atom is -0.469 e. The first-order valence-electron chi connectivity index (χ1n) is 7.41. The van der Waals surface area contributed by atoms with Crippen LogP contribution in [-0.4, -0.2) is 42.3 Å². The predicted octanol–water partition coefficient (Wildman–Crippen LogP) is 3.00. The molecule has 3 rings (SSSR count). The number of fused-ring (bicyclic) bond motifs is 1. The third-order valence-electron chi connectivity index (χ3n) is 4.06. The molecular formula is C16H18Cl2O5. The Hall–Kier alpha value is -0.850. The van der Waals surface area contributed by atoms with Gasteiger partial charge in [-0.3, -0.25) is 4.79 Å². The average molecular weight is 361 g/mol. The number of halogens is 2. The van der Waals surface area contributed by atoms with E-state index in [1.807, 2.05) is 30.3 Å². The van der Waals surface area contributed by atoms with Crippen molar-refractivity contribution >= 4 is 29.2 Å². The summed E-state index contributed by atoms with van der Waals surface area (Å²) < 4.78 is 21.0. The van der Waals surface area contributed by atoms with E-state index in [-0.39, 0.29) is 18.6 Å². The number of methoxy groups -OCH3 is 1. The summed E-state index contributed by atoms with van der Waals surface area (Å²) in [5.74, 6) is -0.418. The molecule has 0 unspecified atom stereocenters. The van der Waals surface area contributed by atoms with Crippen molar-refractivity contribution in [2.24, 2.45) is 0 Å². The van der Waals surface area contributed by atoms with E-state index in [1.165, 1.54) is 7.11 Å². The van der Waals surface area contributed by atoms with E-state index in [1.54, 1.807) is 0 Å². The third kappa shape index (κ3) is 3.80. The van der Waals surface area contributed by atoms with Crippen LogP contribution in [-0.2, 0) is 23.7 Å². The second-order valence-electron chi connectivity index (χ2n) is 5.66. The van der Waals surface area contributed by atoms with Crippen molar-refractivity contribution in [3.8, 4) is 0 Å². The van der Waals surface area contributed by atoms with E-state index < -0.39 is 22.7 Å². The first-order chi connectivity index (χ1) is 11.0. The van der Waals surface area contributed by atoms with Crippen LogP contribution in [0.4, 0.5) is 0 Å². The van der Waals surface area contributed by atoms with Crippen LogP contribution in [0, 0.1) is 0 Å². The first-order valence-corrected chi connectivity index (χ1v) is 8.17. The van der Waals surface area contributed by atoms with Gasteiger partial charge in [0.2, 0.25) is 0 Å². The molecule has 0 spiro atoms. The van der Waals surface area contributed by atoms with Gasteiger partial charge in [0.15, 0.2) is 6.29 Å². The highest BCUT2D eigenvalue weighted by molar-refractivity contribution is 6.49. The summed E-state index contributed by atoms with van der Waals surface area (Å²) in [6.07, 6.45) is -1.38. The molecule has 0 N–H and O–H groups in total. The summed E-state index contributed by atoms with van der Waals surface area (Å²) >= 11 is 12.7. The Morgan fingerprint density at radius 2 is 2.00 bits per heavy atom. The second kappa shape index (κ2) is 6.95.